The van der Waals surface area contributed by atoms with Gasteiger partial charge < -0.3 is 0 Å². The van der Waals surface area contributed by atoms with E-state index in [9.17, 15) is 4.79 Å². The highest BCUT2D eigenvalue weighted by Crippen LogP contribution is 2.18. The van der Waals surface area contributed by atoms with Gasteiger partial charge in [0.05, 0.1) is 17.7 Å². The van der Waals surface area contributed by atoms with Crippen molar-refractivity contribution in [1.82, 2.24) is 9.88 Å². The number of carbonyl (C=O) groups excluding carboxylic acids is 1. The quantitative estimate of drug-likeness (QED) is 0.790. The van der Waals surface area contributed by atoms with Gasteiger partial charge in [0.1, 0.15) is 0 Å². The van der Waals surface area contributed by atoms with E-state index in [1.54, 1.807) is 11.3 Å². The van der Waals surface area contributed by atoms with Crippen LogP contribution in [0.1, 0.15) is 37.6 Å². The van der Waals surface area contributed by atoms with Crippen LogP contribution in [0.15, 0.2) is 17.6 Å². The zero-order chi connectivity index (χ0) is 15.6. The Morgan fingerprint density at radius 2 is 1.81 bits per heavy atom. The van der Waals surface area contributed by atoms with Crippen molar-refractivity contribution in [2.75, 3.05) is 13.6 Å². The highest BCUT2D eigenvalue weighted by atomic mass is 32.1. The van der Waals surface area contributed by atoms with E-state index in [0.717, 1.165) is 23.4 Å². The molecule has 0 radical (unpaired) electrons. The van der Waals surface area contributed by atoms with Gasteiger partial charge in [0.25, 0.3) is 0 Å². The highest BCUT2D eigenvalue weighted by molar-refractivity contribution is 7.09. The standard InChI is InChI=1S/C17H22N2OS/c1-11-6-13(3)15(7-12(11)2)16(20)8-19(5)9-17-14(4)18-10-21-17/h6-7,10H,8-9H2,1-5H3. The maximum absolute atomic E-state index is 12.5. The summed E-state index contributed by atoms with van der Waals surface area (Å²) in [5, 5.41) is 0. The lowest BCUT2D eigenvalue weighted by Gasteiger charge is -2.16. The molecule has 1 aromatic carbocycles. The second-order valence-corrected chi connectivity index (χ2v) is 6.65. The van der Waals surface area contributed by atoms with E-state index in [1.165, 1.54) is 16.0 Å². The SMILES string of the molecule is Cc1cc(C)c(C(=O)CN(C)Cc2scnc2C)cc1C. The number of ketones is 1. The van der Waals surface area contributed by atoms with Gasteiger partial charge in [-0.05, 0) is 57.5 Å². The number of likely N-dealkylation sites (N-methyl/N-ethyl adjacent to an activating group) is 1. The Kier molecular flexibility index (Phi) is 4.91. The molecule has 3 nitrogen and oxygen atoms in total. The first-order valence-corrected chi connectivity index (χ1v) is 7.95. The number of nitrogens with zero attached hydrogens (tertiary/aromatic N) is 2. The van der Waals surface area contributed by atoms with Crippen molar-refractivity contribution in [1.29, 1.82) is 0 Å². The summed E-state index contributed by atoms with van der Waals surface area (Å²) in [4.78, 5) is 20.0. The van der Waals surface area contributed by atoms with Gasteiger partial charge in [0, 0.05) is 17.0 Å². The van der Waals surface area contributed by atoms with Crippen molar-refractivity contribution in [2.24, 2.45) is 0 Å². The molecule has 0 saturated carbocycles. The van der Waals surface area contributed by atoms with E-state index in [0.29, 0.717) is 6.54 Å². The normalized spacial score (nSPS) is 11.1. The Balaban J connectivity index is 2.07. The van der Waals surface area contributed by atoms with E-state index in [4.69, 9.17) is 0 Å². The number of hydrogen-bond acceptors (Lipinski definition) is 4. The molecule has 1 aromatic heterocycles. The molecule has 0 aliphatic rings. The molecular weight excluding hydrogens is 280 g/mol. The molecule has 112 valence electrons. The second-order valence-electron chi connectivity index (χ2n) is 5.71. The topological polar surface area (TPSA) is 33.2 Å². The van der Waals surface area contributed by atoms with Crippen LogP contribution in [0, 0.1) is 27.7 Å². The largest absolute Gasteiger partial charge is 0.294 e. The molecule has 0 atom stereocenters. The minimum atomic E-state index is 0.181. The van der Waals surface area contributed by atoms with Crippen LogP contribution in [0.25, 0.3) is 0 Å². The number of thiazole rings is 1. The van der Waals surface area contributed by atoms with Crippen LogP contribution in [0.4, 0.5) is 0 Å². The number of benzene rings is 1. The van der Waals surface area contributed by atoms with E-state index in [1.807, 2.05) is 32.5 Å². The molecule has 4 heteroatoms. The lowest BCUT2D eigenvalue weighted by molar-refractivity contribution is 0.0942. The number of rotatable bonds is 5. The van der Waals surface area contributed by atoms with Crippen LogP contribution >= 0.6 is 11.3 Å². The van der Waals surface area contributed by atoms with Gasteiger partial charge in [0.15, 0.2) is 5.78 Å². The van der Waals surface area contributed by atoms with Crippen molar-refractivity contribution in [3.8, 4) is 0 Å². The fourth-order valence-corrected chi connectivity index (χ4v) is 3.23. The first-order valence-electron chi connectivity index (χ1n) is 7.07. The van der Waals surface area contributed by atoms with Crippen molar-refractivity contribution in [2.45, 2.75) is 34.2 Å². The fourth-order valence-electron chi connectivity index (χ4n) is 2.37. The number of hydrogen-bond donors (Lipinski definition) is 0. The van der Waals surface area contributed by atoms with Crippen molar-refractivity contribution < 1.29 is 4.79 Å². The lowest BCUT2D eigenvalue weighted by atomic mass is 9.98. The van der Waals surface area contributed by atoms with Gasteiger partial charge in [-0.2, -0.15) is 0 Å². The van der Waals surface area contributed by atoms with Gasteiger partial charge in [-0.25, -0.2) is 4.98 Å². The van der Waals surface area contributed by atoms with Crippen molar-refractivity contribution in [3.63, 3.8) is 0 Å². The van der Waals surface area contributed by atoms with E-state index in [-0.39, 0.29) is 5.78 Å². The first kappa shape index (κ1) is 15.9. The summed E-state index contributed by atoms with van der Waals surface area (Å²) in [6.07, 6.45) is 0. The minimum absolute atomic E-state index is 0.181. The zero-order valence-electron chi connectivity index (χ0n) is 13.4. The molecule has 0 fully saturated rings. The average molecular weight is 302 g/mol. The molecule has 2 rings (SSSR count). The molecule has 2 aromatic rings. The average Bonchev–Trinajstić information content (AvgIpc) is 2.79. The summed E-state index contributed by atoms with van der Waals surface area (Å²) in [6.45, 7) is 9.35. The maximum Gasteiger partial charge on any atom is 0.177 e. The molecule has 0 bridgehead atoms. The van der Waals surface area contributed by atoms with E-state index >= 15 is 0 Å². The smallest absolute Gasteiger partial charge is 0.177 e. The van der Waals surface area contributed by atoms with Gasteiger partial charge in [0.2, 0.25) is 0 Å². The molecule has 0 unspecified atom stereocenters. The molecule has 0 aliphatic heterocycles. The number of carbonyl (C=O) groups is 1. The van der Waals surface area contributed by atoms with Crippen molar-refractivity contribution in [3.05, 3.63) is 50.5 Å². The Hall–Kier alpha value is -1.52. The molecular formula is C17H22N2OS. The molecule has 0 N–H and O–H groups in total. The highest BCUT2D eigenvalue weighted by Gasteiger charge is 2.14. The summed E-state index contributed by atoms with van der Waals surface area (Å²) >= 11 is 1.64. The number of aryl methyl sites for hydroxylation is 4. The van der Waals surface area contributed by atoms with Crippen LogP contribution in [-0.2, 0) is 6.54 Å². The minimum Gasteiger partial charge on any atom is -0.294 e. The van der Waals surface area contributed by atoms with E-state index in [2.05, 4.69) is 29.8 Å². The predicted octanol–water partition coefficient (Wildman–Crippen LogP) is 3.69. The van der Waals surface area contributed by atoms with Crippen LogP contribution in [-0.4, -0.2) is 29.3 Å². The van der Waals surface area contributed by atoms with Gasteiger partial charge >= 0.3 is 0 Å². The van der Waals surface area contributed by atoms with E-state index < -0.39 is 0 Å². The Morgan fingerprint density at radius 3 is 2.43 bits per heavy atom. The second kappa shape index (κ2) is 6.50. The van der Waals surface area contributed by atoms with Crippen LogP contribution in [0.2, 0.25) is 0 Å². The van der Waals surface area contributed by atoms with Gasteiger partial charge in [-0.3, -0.25) is 9.69 Å². The van der Waals surface area contributed by atoms with Gasteiger partial charge in [-0.1, -0.05) is 6.07 Å². The molecule has 21 heavy (non-hydrogen) atoms. The summed E-state index contributed by atoms with van der Waals surface area (Å²) in [7, 11) is 1.98. The van der Waals surface area contributed by atoms with Gasteiger partial charge in [-0.15, -0.1) is 11.3 Å². The third-order valence-electron chi connectivity index (χ3n) is 3.81. The molecule has 0 amide bonds. The number of aromatic nitrogens is 1. The lowest BCUT2D eigenvalue weighted by Crippen LogP contribution is -2.26. The summed E-state index contributed by atoms with van der Waals surface area (Å²) in [6, 6.07) is 4.11. The summed E-state index contributed by atoms with van der Waals surface area (Å²) in [5.74, 6) is 0.181. The zero-order valence-corrected chi connectivity index (χ0v) is 14.2. The molecule has 1 heterocycles. The summed E-state index contributed by atoms with van der Waals surface area (Å²) in [5.41, 5.74) is 7.22. The Morgan fingerprint density at radius 1 is 1.14 bits per heavy atom. The Labute approximate surface area is 130 Å². The third-order valence-corrected chi connectivity index (χ3v) is 4.73. The predicted molar refractivity (Wildman–Crippen MR) is 88.2 cm³/mol. The maximum atomic E-state index is 12.5. The summed E-state index contributed by atoms with van der Waals surface area (Å²) < 4.78 is 0. The first-order chi connectivity index (χ1) is 9.88. The van der Waals surface area contributed by atoms with Crippen LogP contribution < -0.4 is 0 Å². The molecule has 0 spiro atoms. The van der Waals surface area contributed by atoms with Crippen LogP contribution in [0.3, 0.4) is 0 Å². The Bertz CT molecular complexity index is 661. The van der Waals surface area contributed by atoms with Crippen LogP contribution in [0.5, 0.6) is 0 Å². The van der Waals surface area contributed by atoms with Crippen molar-refractivity contribution >= 4 is 17.1 Å². The third kappa shape index (κ3) is 3.77. The monoisotopic (exact) mass is 302 g/mol. The molecule has 0 aliphatic carbocycles. The fraction of sp³-hybridized carbons (Fsp3) is 0.412. The number of Topliss-reactive ketones (excluding diaryl/α,β-unsaturated/α-hetero) is 1. The molecule has 0 saturated heterocycles.